The molecule has 5 nitrogen and oxygen atoms in total. The highest BCUT2D eigenvalue weighted by atomic mass is 15.2. The molecule has 1 N–H and O–H groups in total. The molecule has 5 heteroatoms. The first kappa shape index (κ1) is 13.8. The smallest absolute Gasteiger partial charge is 0.185 e. The molecule has 0 aliphatic rings. The molecule has 0 saturated carbocycles. The first-order chi connectivity index (χ1) is 9.51. The van der Waals surface area contributed by atoms with Gasteiger partial charge in [-0.1, -0.05) is 6.07 Å². The number of hydrogen-bond donors (Lipinski definition) is 1. The van der Waals surface area contributed by atoms with Crippen LogP contribution in [0.15, 0.2) is 24.5 Å². The lowest BCUT2D eigenvalue weighted by molar-refractivity contribution is 1.08. The second-order valence-electron chi connectivity index (χ2n) is 4.80. The van der Waals surface area contributed by atoms with E-state index in [0.717, 1.165) is 11.3 Å². The van der Waals surface area contributed by atoms with E-state index in [2.05, 4.69) is 48.2 Å². The molecule has 0 bridgehead atoms. The van der Waals surface area contributed by atoms with E-state index in [4.69, 9.17) is 5.26 Å². The van der Waals surface area contributed by atoms with Crippen LogP contribution in [0.4, 0.5) is 17.3 Å². The van der Waals surface area contributed by atoms with Crippen molar-refractivity contribution in [2.75, 3.05) is 17.3 Å². The summed E-state index contributed by atoms with van der Waals surface area (Å²) in [6.45, 7) is 6.23. The van der Waals surface area contributed by atoms with Gasteiger partial charge in [0.25, 0.3) is 0 Å². The summed E-state index contributed by atoms with van der Waals surface area (Å²) in [7, 11) is 1.66. The molecule has 0 spiro atoms. The van der Waals surface area contributed by atoms with Crippen molar-refractivity contribution in [3.8, 4) is 6.19 Å². The number of nitrogens with one attached hydrogen (secondary N) is 1. The minimum Gasteiger partial charge on any atom is -0.340 e. The van der Waals surface area contributed by atoms with Crippen molar-refractivity contribution in [3.05, 3.63) is 41.2 Å². The van der Waals surface area contributed by atoms with Crippen LogP contribution in [0.2, 0.25) is 0 Å². The zero-order chi connectivity index (χ0) is 14.7. The Kier molecular flexibility index (Phi) is 3.85. The molecular weight excluding hydrogens is 250 g/mol. The van der Waals surface area contributed by atoms with E-state index in [0.29, 0.717) is 11.6 Å². The predicted molar refractivity (Wildman–Crippen MR) is 80.0 cm³/mol. The third-order valence-electron chi connectivity index (χ3n) is 3.25. The summed E-state index contributed by atoms with van der Waals surface area (Å²) < 4.78 is 0. The molecule has 0 amide bonds. The first-order valence-corrected chi connectivity index (χ1v) is 6.31. The van der Waals surface area contributed by atoms with Gasteiger partial charge in [-0.05, 0) is 43.5 Å². The fraction of sp³-hybridized carbons (Fsp3) is 0.267. The molecule has 0 fully saturated rings. The summed E-state index contributed by atoms with van der Waals surface area (Å²) in [6.07, 6.45) is 3.46. The average Bonchev–Trinajstić information content (AvgIpc) is 2.44. The summed E-state index contributed by atoms with van der Waals surface area (Å²) in [4.78, 5) is 9.63. The van der Waals surface area contributed by atoms with Crippen molar-refractivity contribution in [3.63, 3.8) is 0 Å². The third kappa shape index (κ3) is 2.86. The van der Waals surface area contributed by atoms with Crippen molar-refractivity contribution in [1.29, 1.82) is 5.26 Å². The molecule has 102 valence electrons. The Labute approximate surface area is 118 Å². The lowest BCUT2D eigenvalue weighted by atomic mass is 10.1. The van der Waals surface area contributed by atoms with E-state index in [1.807, 2.05) is 6.19 Å². The van der Waals surface area contributed by atoms with Crippen molar-refractivity contribution in [1.82, 2.24) is 9.97 Å². The van der Waals surface area contributed by atoms with Crippen LogP contribution in [-0.2, 0) is 0 Å². The van der Waals surface area contributed by atoms with Crippen molar-refractivity contribution in [2.24, 2.45) is 0 Å². The van der Waals surface area contributed by atoms with Crippen LogP contribution in [0.5, 0.6) is 0 Å². The van der Waals surface area contributed by atoms with Gasteiger partial charge in [-0.2, -0.15) is 5.26 Å². The summed E-state index contributed by atoms with van der Waals surface area (Å²) in [5.41, 5.74) is 4.65. The Morgan fingerprint density at radius 3 is 2.45 bits per heavy atom. The largest absolute Gasteiger partial charge is 0.340 e. The Morgan fingerprint density at radius 2 is 1.75 bits per heavy atom. The van der Waals surface area contributed by atoms with Crippen LogP contribution in [-0.4, -0.2) is 17.0 Å². The second-order valence-corrected chi connectivity index (χ2v) is 4.80. The van der Waals surface area contributed by atoms with Crippen LogP contribution in [0.25, 0.3) is 0 Å². The number of aryl methyl sites for hydroxylation is 3. The zero-order valence-corrected chi connectivity index (χ0v) is 12.1. The van der Waals surface area contributed by atoms with Crippen LogP contribution in [0.1, 0.15) is 16.7 Å². The highest BCUT2D eigenvalue weighted by Gasteiger charge is 2.06. The van der Waals surface area contributed by atoms with Gasteiger partial charge >= 0.3 is 0 Å². The minimum atomic E-state index is 0.562. The van der Waals surface area contributed by atoms with Crippen LogP contribution in [0, 0.1) is 32.2 Å². The topological polar surface area (TPSA) is 64.8 Å². The monoisotopic (exact) mass is 267 g/mol. The van der Waals surface area contributed by atoms with Gasteiger partial charge in [-0.25, -0.2) is 9.97 Å². The standard InChI is InChI=1S/C15H17N5/c1-10-5-12(3)13(6-11(10)2)19-14-7-15(18-9-17-14)20(4)8-16/h5-7,9H,1-4H3,(H,17,18,19). The second kappa shape index (κ2) is 5.57. The van der Waals surface area contributed by atoms with Gasteiger partial charge in [0.15, 0.2) is 6.19 Å². The van der Waals surface area contributed by atoms with E-state index in [1.54, 1.807) is 13.1 Å². The summed E-state index contributed by atoms with van der Waals surface area (Å²) in [6, 6.07) is 5.99. The van der Waals surface area contributed by atoms with Crippen LogP contribution < -0.4 is 10.2 Å². The highest BCUT2D eigenvalue weighted by Crippen LogP contribution is 2.24. The van der Waals surface area contributed by atoms with Crippen LogP contribution >= 0.6 is 0 Å². The lowest BCUT2D eigenvalue weighted by Crippen LogP contribution is -2.10. The highest BCUT2D eigenvalue weighted by molar-refractivity contribution is 5.64. The number of nitriles is 1. The lowest BCUT2D eigenvalue weighted by Gasteiger charge is -2.13. The number of benzene rings is 1. The molecular formula is C15H17N5. The molecule has 0 aliphatic heterocycles. The van der Waals surface area contributed by atoms with Crippen molar-refractivity contribution in [2.45, 2.75) is 20.8 Å². The molecule has 0 radical (unpaired) electrons. The molecule has 0 aliphatic carbocycles. The number of rotatable bonds is 3. The predicted octanol–water partition coefficient (Wildman–Crippen LogP) is 3.06. The summed E-state index contributed by atoms with van der Waals surface area (Å²) in [5.74, 6) is 1.23. The van der Waals surface area contributed by atoms with E-state index in [1.165, 1.54) is 22.4 Å². The molecule has 2 aromatic rings. The Balaban J connectivity index is 2.31. The Hall–Kier alpha value is -2.61. The fourth-order valence-corrected chi connectivity index (χ4v) is 1.88. The van der Waals surface area contributed by atoms with Gasteiger partial charge in [-0.3, -0.25) is 4.90 Å². The quantitative estimate of drug-likeness (QED) is 0.684. The molecule has 1 aromatic carbocycles. The Bertz CT molecular complexity index is 672. The SMILES string of the molecule is Cc1cc(C)c(Nc2cc(N(C)C#N)ncn2)cc1C. The molecule has 20 heavy (non-hydrogen) atoms. The number of aromatic nitrogens is 2. The number of anilines is 3. The van der Waals surface area contributed by atoms with Crippen molar-refractivity contribution < 1.29 is 0 Å². The van der Waals surface area contributed by atoms with E-state index in [9.17, 15) is 0 Å². The molecule has 0 atom stereocenters. The van der Waals surface area contributed by atoms with Gasteiger partial charge in [0, 0.05) is 18.8 Å². The molecule has 1 heterocycles. The molecule has 1 aromatic heterocycles. The summed E-state index contributed by atoms with van der Waals surface area (Å²) >= 11 is 0. The van der Waals surface area contributed by atoms with Crippen LogP contribution in [0.3, 0.4) is 0 Å². The normalized spacial score (nSPS) is 9.95. The third-order valence-corrected chi connectivity index (χ3v) is 3.25. The van der Waals surface area contributed by atoms with Gasteiger partial charge in [0.2, 0.25) is 0 Å². The number of hydrogen-bond acceptors (Lipinski definition) is 5. The van der Waals surface area contributed by atoms with Crippen molar-refractivity contribution >= 4 is 17.3 Å². The maximum Gasteiger partial charge on any atom is 0.185 e. The van der Waals surface area contributed by atoms with Gasteiger partial charge in [0.05, 0.1) is 0 Å². The maximum absolute atomic E-state index is 8.87. The molecule has 2 rings (SSSR count). The van der Waals surface area contributed by atoms with Gasteiger partial charge < -0.3 is 5.32 Å². The first-order valence-electron chi connectivity index (χ1n) is 6.31. The van der Waals surface area contributed by atoms with Gasteiger partial charge in [0.1, 0.15) is 18.0 Å². The van der Waals surface area contributed by atoms with Gasteiger partial charge in [-0.15, -0.1) is 0 Å². The zero-order valence-electron chi connectivity index (χ0n) is 12.1. The number of nitrogens with zero attached hydrogens (tertiary/aromatic N) is 4. The van der Waals surface area contributed by atoms with E-state index in [-0.39, 0.29) is 0 Å². The molecule has 0 saturated heterocycles. The summed E-state index contributed by atoms with van der Waals surface area (Å²) in [5, 5.41) is 12.1. The van der Waals surface area contributed by atoms with E-state index < -0.39 is 0 Å². The Morgan fingerprint density at radius 1 is 1.05 bits per heavy atom. The minimum absolute atomic E-state index is 0.562. The average molecular weight is 267 g/mol. The molecule has 0 unspecified atom stereocenters. The van der Waals surface area contributed by atoms with E-state index >= 15 is 0 Å². The fourth-order valence-electron chi connectivity index (χ4n) is 1.88. The maximum atomic E-state index is 8.87.